The minimum atomic E-state index is -0.920. The van der Waals surface area contributed by atoms with Gasteiger partial charge in [-0.25, -0.2) is 4.39 Å². The van der Waals surface area contributed by atoms with E-state index in [4.69, 9.17) is 4.74 Å². The Hall–Kier alpha value is -4.27. The second-order valence-electron chi connectivity index (χ2n) is 8.00. The van der Waals surface area contributed by atoms with E-state index in [1.807, 2.05) is 6.92 Å². The van der Waals surface area contributed by atoms with Crippen molar-refractivity contribution in [1.29, 1.82) is 0 Å². The zero-order chi connectivity index (χ0) is 25.4. The summed E-state index contributed by atoms with van der Waals surface area (Å²) in [6.07, 6.45) is 1.47. The number of carbonyl (C=O) groups excluding carboxylic acids is 3. The van der Waals surface area contributed by atoms with Gasteiger partial charge in [-0.05, 0) is 67.4 Å². The normalized spacial score (nSPS) is 11.5. The highest BCUT2D eigenvalue weighted by atomic mass is 19.1. The monoisotopic (exact) mass is 478 g/mol. The van der Waals surface area contributed by atoms with Gasteiger partial charge in [-0.3, -0.25) is 19.4 Å². The molecule has 0 aliphatic carbocycles. The van der Waals surface area contributed by atoms with E-state index in [1.54, 1.807) is 50.2 Å². The van der Waals surface area contributed by atoms with Crippen molar-refractivity contribution < 1.29 is 23.5 Å². The highest BCUT2D eigenvalue weighted by Crippen LogP contribution is 2.24. The molecule has 3 N–H and O–H groups in total. The van der Waals surface area contributed by atoms with Crippen molar-refractivity contribution in [1.82, 2.24) is 10.3 Å². The average Bonchev–Trinajstić information content (AvgIpc) is 2.85. The summed E-state index contributed by atoms with van der Waals surface area (Å²) in [4.78, 5) is 42.3. The maximum Gasteiger partial charge on any atom is 0.274 e. The number of ether oxygens (including phenoxy) is 1. The summed E-state index contributed by atoms with van der Waals surface area (Å²) in [6, 6.07) is 14.1. The van der Waals surface area contributed by atoms with E-state index in [9.17, 15) is 18.8 Å². The molecule has 3 rings (SSSR count). The number of hydrogen-bond acceptors (Lipinski definition) is 5. The summed E-state index contributed by atoms with van der Waals surface area (Å²) >= 11 is 0. The number of amides is 3. The summed E-state index contributed by atoms with van der Waals surface area (Å²) in [5, 5.41) is 7.97. The third-order valence-electron chi connectivity index (χ3n) is 5.05. The quantitative estimate of drug-likeness (QED) is 0.426. The van der Waals surface area contributed by atoms with Crippen LogP contribution in [0.25, 0.3) is 0 Å². The largest absolute Gasteiger partial charge is 0.494 e. The van der Waals surface area contributed by atoms with Crippen LogP contribution in [0.15, 0.2) is 66.9 Å². The fraction of sp³-hybridized carbons (Fsp3) is 0.231. The molecule has 35 heavy (non-hydrogen) atoms. The van der Waals surface area contributed by atoms with E-state index >= 15 is 0 Å². The van der Waals surface area contributed by atoms with Crippen LogP contribution in [0.4, 0.5) is 15.8 Å². The second kappa shape index (κ2) is 11.7. The number of nitrogens with one attached hydrogen (secondary N) is 3. The van der Waals surface area contributed by atoms with Crippen LogP contribution in [0.1, 0.15) is 41.6 Å². The molecule has 3 aromatic rings. The van der Waals surface area contributed by atoms with Gasteiger partial charge in [0.2, 0.25) is 5.91 Å². The zero-order valence-corrected chi connectivity index (χ0v) is 19.7. The van der Waals surface area contributed by atoms with Gasteiger partial charge in [0.25, 0.3) is 11.8 Å². The lowest BCUT2D eigenvalue weighted by atomic mass is 10.0. The molecule has 0 fully saturated rings. The summed E-state index contributed by atoms with van der Waals surface area (Å²) < 4.78 is 19.4. The van der Waals surface area contributed by atoms with Crippen LogP contribution in [0.2, 0.25) is 0 Å². The number of nitrogens with zero attached hydrogens (tertiary/aromatic N) is 1. The van der Waals surface area contributed by atoms with E-state index in [2.05, 4.69) is 20.9 Å². The summed E-state index contributed by atoms with van der Waals surface area (Å²) in [7, 11) is 0. The zero-order valence-electron chi connectivity index (χ0n) is 19.7. The first kappa shape index (κ1) is 25.4. The number of halogens is 1. The Balaban J connectivity index is 1.75. The molecule has 8 nitrogen and oxygen atoms in total. The third kappa shape index (κ3) is 6.86. The number of benzene rings is 2. The van der Waals surface area contributed by atoms with E-state index in [1.165, 1.54) is 18.3 Å². The first-order valence-corrected chi connectivity index (χ1v) is 11.1. The smallest absolute Gasteiger partial charge is 0.274 e. The van der Waals surface area contributed by atoms with E-state index in [-0.39, 0.29) is 23.0 Å². The minimum absolute atomic E-state index is 0.0558. The van der Waals surface area contributed by atoms with Gasteiger partial charge in [-0.2, -0.15) is 0 Å². The van der Waals surface area contributed by atoms with Gasteiger partial charge < -0.3 is 20.7 Å². The fourth-order valence-corrected chi connectivity index (χ4v) is 3.25. The Labute approximate surface area is 202 Å². The molecule has 0 radical (unpaired) electrons. The first-order valence-electron chi connectivity index (χ1n) is 11.1. The number of rotatable bonds is 9. The molecule has 2 aromatic carbocycles. The van der Waals surface area contributed by atoms with Crippen molar-refractivity contribution in [2.75, 3.05) is 17.2 Å². The van der Waals surface area contributed by atoms with Crippen LogP contribution in [0.3, 0.4) is 0 Å². The molecule has 9 heteroatoms. The molecule has 182 valence electrons. The molecular weight excluding hydrogens is 451 g/mol. The van der Waals surface area contributed by atoms with Gasteiger partial charge in [-0.1, -0.05) is 19.9 Å². The highest BCUT2D eigenvalue weighted by Gasteiger charge is 2.26. The van der Waals surface area contributed by atoms with E-state index in [0.29, 0.717) is 17.9 Å². The van der Waals surface area contributed by atoms with Crippen LogP contribution in [-0.2, 0) is 4.79 Å². The van der Waals surface area contributed by atoms with Crippen molar-refractivity contribution in [2.24, 2.45) is 5.92 Å². The topological polar surface area (TPSA) is 109 Å². The van der Waals surface area contributed by atoms with Crippen molar-refractivity contribution in [2.45, 2.75) is 26.8 Å². The van der Waals surface area contributed by atoms with Gasteiger partial charge in [0, 0.05) is 11.8 Å². The molecule has 0 spiro atoms. The molecule has 0 aliphatic heterocycles. The molecule has 1 aromatic heterocycles. The van der Waals surface area contributed by atoms with Gasteiger partial charge in [-0.15, -0.1) is 0 Å². The Bertz CT molecular complexity index is 1180. The standard InChI is InChI=1S/C26H27FN4O4/c1-4-35-19-11-8-17(9-12-19)24(32)31-23(16(2)3)26(34)30-22-15-18(27)10-13-20(22)29-25(33)21-7-5-6-14-28-21/h5-16,23H,4H2,1-3H3,(H,29,33)(H,30,34)(H,31,32). The molecule has 0 aliphatic rings. The van der Waals surface area contributed by atoms with Crippen LogP contribution in [-0.4, -0.2) is 35.4 Å². The second-order valence-corrected chi connectivity index (χ2v) is 8.00. The number of carbonyl (C=O) groups is 3. The summed E-state index contributed by atoms with van der Waals surface area (Å²) in [5.74, 6) is -1.76. The predicted molar refractivity (Wildman–Crippen MR) is 131 cm³/mol. The summed E-state index contributed by atoms with van der Waals surface area (Å²) in [5.41, 5.74) is 0.772. The maximum atomic E-state index is 14.0. The molecule has 0 bridgehead atoms. The number of aromatic nitrogens is 1. The van der Waals surface area contributed by atoms with Gasteiger partial charge in [0.05, 0.1) is 18.0 Å². The van der Waals surface area contributed by atoms with Crippen molar-refractivity contribution >= 4 is 29.1 Å². The molecular formula is C26H27FN4O4. The molecule has 0 saturated heterocycles. The Morgan fingerprint density at radius 2 is 1.69 bits per heavy atom. The van der Waals surface area contributed by atoms with Crippen LogP contribution >= 0.6 is 0 Å². The van der Waals surface area contributed by atoms with Crippen molar-refractivity contribution in [3.8, 4) is 5.75 Å². The first-order chi connectivity index (χ1) is 16.8. The lowest BCUT2D eigenvalue weighted by Crippen LogP contribution is -2.47. The van der Waals surface area contributed by atoms with Crippen molar-refractivity contribution in [3.63, 3.8) is 0 Å². The molecule has 0 saturated carbocycles. The average molecular weight is 479 g/mol. The third-order valence-corrected chi connectivity index (χ3v) is 5.05. The van der Waals surface area contributed by atoms with Gasteiger partial charge >= 0.3 is 0 Å². The Morgan fingerprint density at radius 3 is 2.31 bits per heavy atom. The molecule has 1 heterocycles. The minimum Gasteiger partial charge on any atom is -0.494 e. The lowest BCUT2D eigenvalue weighted by molar-refractivity contribution is -0.118. The van der Waals surface area contributed by atoms with Crippen molar-refractivity contribution in [3.05, 3.63) is 83.9 Å². The maximum absolute atomic E-state index is 14.0. The van der Waals surface area contributed by atoms with Crippen LogP contribution in [0, 0.1) is 11.7 Å². The molecule has 1 atom stereocenters. The van der Waals surface area contributed by atoms with E-state index < -0.39 is 29.6 Å². The predicted octanol–water partition coefficient (Wildman–Crippen LogP) is 4.26. The Kier molecular flexibility index (Phi) is 8.50. The number of anilines is 2. The lowest BCUT2D eigenvalue weighted by Gasteiger charge is -2.22. The molecule has 3 amide bonds. The van der Waals surface area contributed by atoms with Crippen LogP contribution < -0.4 is 20.7 Å². The van der Waals surface area contributed by atoms with E-state index in [0.717, 1.165) is 12.1 Å². The molecule has 1 unspecified atom stereocenters. The van der Waals surface area contributed by atoms with Gasteiger partial charge in [0.1, 0.15) is 23.3 Å². The number of pyridine rings is 1. The van der Waals surface area contributed by atoms with Gasteiger partial charge in [0.15, 0.2) is 0 Å². The SMILES string of the molecule is CCOc1ccc(C(=O)NC(C(=O)Nc2cc(F)ccc2NC(=O)c2ccccn2)C(C)C)cc1. The fourth-order valence-electron chi connectivity index (χ4n) is 3.25. The summed E-state index contributed by atoms with van der Waals surface area (Å²) in [6.45, 7) is 5.92. The Morgan fingerprint density at radius 1 is 0.943 bits per heavy atom. The van der Waals surface area contributed by atoms with Crippen LogP contribution in [0.5, 0.6) is 5.75 Å². The number of hydrogen-bond donors (Lipinski definition) is 3. The highest BCUT2D eigenvalue weighted by molar-refractivity contribution is 6.07.